The molecule has 37 heavy (non-hydrogen) atoms. The highest BCUT2D eigenvalue weighted by atomic mass is 16.5. The average Bonchev–Trinajstić information content (AvgIpc) is 2.88. The molecule has 0 heterocycles. The molecule has 3 rings (SSSR count). The van der Waals surface area contributed by atoms with Gasteiger partial charge in [0.2, 0.25) is 0 Å². The molecule has 3 fully saturated rings. The molecule has 0 spiro atoms. The maximum atomic E-state index is 12.8. The van der Waals surface area contributed by atoms with E-state index in [2.05, 4.69) is 6.92 Å². The van der Waals surface area contributed by atoms with Crippen LogP contribution in [0.4, 0.5) is 0 Å². The molecule has 0 aromatic rings. The molecule has 2 nitrogen and oxygen atoms in total. The Kier molecular flexibility index (Phi) is 20.6. The lowest BCUT2D eigenvalue weighted by atomic mass is 9.82. The van der Waals surface area contributed by atoms with Crippen LogP contribution in [0.2, 0.25) is 0 Å². The lowest BCUT2D eigenvalue weighted by molar-refractivity contribution is -0.153. The SMILES string of the molecule is CCCCCCCCCCCCCCCCCC(=O)OC1CCCCC2CCCCCC1CCCCC2. The predicted octanol–water partition coefficient (Wildman–Crippen LogP) is 11.9. The van der Waals surface area contributed by atoms with Crippen LogP contribution in [0.3, 0.4) is 0 Å². The molecule has 0 aromatic carbocycles. The Balaban J connectivity index is 1.53. The third-order valence-corrected chi connectivity index (χ3v) is 9.52. The quantitative estimate of drug-likeness (QED) is 0.141. The van der Waals surface area contributed by atoms with Crippen molar-refractivity contribution in [2.75, 3.05) is 0 Å². The summed E-state index contributed by atoms with van der Waals surface area (Å²) in [7, 11) is 0. The van der Waals surface area contributed by atoms with Crippen molar-refractivity contribution < 1.29 is 9.53 Å². The molecule has 3 aliphatic carbocycles. The fraction of sp³-hybridized carbons (Fsp3) is 0.971. The van der Waals surface area contributed by atoms with Gasteiger partial charge in [0.1, 0.15) is 6.10 Å². The standard InChI is InChI=1S/C35H66O2/c1-2-3-4-5-6-7-8-9-10-11-12-13-14-15-22-31-35(36)37-34-30-24-23-27-32-25-18-16-20-28-33(34)29-21-17-19-26-32/h32-34H,2-31H2,1H3. The summed E-state index contributed by atoms with van der Waals surface area (Å²) in [6.45, 7) is 2.29. The van der Waals surface area contributed by atoms with Crippen molar-refractivity contribution in [2.24, 2.45) is 11.8 Å². The van der Waals surface area contributed by atoms with Crippen LogP contribution in [-0.2, 0) is 9.53 Å². The molecule has 0 N–H and O–H groups in total. The van der Waals surface area contributed by atoms with Crippen LogP contribution in [0, 0.1) is 11.8 Å². The fourth-order valence-electron chi connectivity index (χ4n) is 7.02. The lowest BCUT2D eigenvalue weighted by Crippen LogP contribution is -2.28. The zero-order chi connectivity index (χ0) is 26.2. The van der Waals surface area contributed by atoms with Gasteiger partial charge in [-0.05, 0) is 43.9 Å². The Hall–Kier alpha value is -0.530. The smallest absolute Gasteiger partial charge is 0.306 e. The van der Waals surface area contributed by atoms with Gasteiger partial charge in [0, 0.05) is 6.42 Å². The molecule has 1 atom stereocenters. The Morgan fingerprint density at radius 3 is 1.43 bits per heavy atom. The van der Waals surface area contributed by atoms with E-state index in [0.717, 1.165) is 18.8 Å². The van der Waals surface area contributed by atoms with Crippen molar-refractivity contribution >= 4 is 5.97 Å². The maximum absolute atomic E-state index is 12.8. The van der Waals surface area contributed by atoms with E-state index in [1.54, 1.807) is 0 Å². The number of hydrogen-bond acceptors (Lipinski definition) is 2. The molecule has 218 valence electrons. The number of hydrogen-bond donors (Lipinski definition) is 0. The van der Waals surface area contributed by atoms with Gasteiger partial charge in [-0.1, -0.05) is 161 Å². The fourth-order valence-corrected chi connectivity index (χ4v) is 7.02. The van der Waals surface area contributed by atoms with E-state index in [9.17, 15) is 4.79 Å². The van der Waals surface area contributed by atoms with Crippen molar-refractivity contribution in [1.29, 1.82) is 0 Å². The zero-order valence-electron chi connectivity index (χ0n) is 25.3. The summed E-state index contributed by atoms with van der Waals surface area (Å²) in [5, 5.41) is 0. The third-order valence-electron chi connectivity index (χ3n) is 9.52. The van der Waals surface area contributed by atoms with E-state index >= 15 is 0 Å². The molecule has 1 unspecified atom stereocenters. The van der Waals surface area contributed by atoms with Gasteiger partial charge in [0.15, 0.2) is 0 Å². The molecule has 2 heteroatoms. The van der Waals surface area contributed by atoms with Gasteiger partial charge in [-0.15, -0.1) is 0 Å². The second kappa shape index (κ2) is 23.4. The van der Waals surface area contributed by atoms with Crippen LogP contribution in [0.25, 0.3) is 0 Å². The Morgan fingerprint density at radius 1 is 0.514 bits per heavy atom. The van der Waals surface area contributed by atoms with E-state index in [-0.39, 0.29) is 12.1 Å². The second-order valence-corrected chi connectivity index (χ2v) is 12.9. The van der Waals surface area contributed by atoms with E-state index in [4.69, 9.17) is 4.74 Å². The first kappa shape index (κ1) is 32.7. The topological polar surface area (TPSA) is 26.3 Å². The van der Waals surface area contributed by atoms with Gasteiger partial charge in [-0.25, -0.2) is 0 Å². The monoisotopic (exact) mass is 519 g/mol. The Bertz CT molecular complexity index is 501. The molecule has 3 saturated carbocycles. The van der Waals surface area contributed by atoms with Crippen LogP contribution in [-0.4, -0.2) is 12.1 Å². The molecule has 0 amide bonds. The number of fused-ring (bicyclic) bond motifs is 12. The van der Waals surface area contributed by atoms with Crippen molar-refractivity contribution in [3.8, 4) is 0 Å². The second-order valence-electron chi connectivity index (χ2n) is 12.9. The van der Waals surface area contributed by atoms with Gasteiger partial charge >= 0.3 is 5.97 Å². The highest BCUT2D eigenvalue weighted by Crippen LogP contribution is 2.32. The van der Waals surface area contributed by atoms with Gasteiger partial charge < -0.3 is 4.74 Å². The summed E-state index contributed by atoms with van der Waals surface area (Å²) >= 11 is 0. The minimum absolute atomic E-state index is 0.0989. The van der Waals surface area contributed by atoms with Gasteiger partial charge in [0.25, 0.3) is 0 Å². The highest BCUT2D eigenvalue weighted by Gasteiger charge is 2.25. The molecule has 0 aromatic heterocycles. The van der Waals surface area contributed by atoms with E-state index < -0.39 is 0 Å². The first-order valence-electron chi connectivity index (χ1n) is 17.5. The number of carbonyl (C=O) groups is 1. The summed E-state index contributed by atoms with van der Waals surface area (Å²) in [6.07, 6.45) is 40.2. The highest BCUT2D eigenvalue weighted by molar-refractivity contribution is 5.69. The summed E-state index contributed by atoms with van der Waals surface area (Å²) in [5.74, 6) is 1.67. The third kappa shape index (κ3) is 17.6. The normalized spacial score (nSPS) is 23.9. The summed E-state index contributed by atoms with van der Waals surface area (Å²) in [6, 6.07) is 0. The van der Waals surface area contributed by atoms with Gasteiger partial charge in [0.05, 0.1) is 0 Å². The first-order chi connectivity index (χ1) is 18.3. The minimum atomic E-state index is 0.0989. The van der Waals surface area contributed by atoms with Crippen molar-refractivity contribution in [1.82, 2.24) is 0 Å². The minimum Gasteiger partial charge on any atom is -0.462 e. The molecule has 0 aliphatic heterocycles. The van der Waals surface area contributed by atoms with E-state index in [1.165, 1.54) is 173 Å². The molecule has 0 saturated heterocycles. The predicted molar refractivity (Wildman–Crippen MR) is 161 cm³/mol. The Morgan fingerprint density at radius 2 is 0.919 bits per heavy atom. The van der Waals surface area contributed by atoms with Crippen LogP contribution in [0.5, 0.6) is 0 Å². The van der Waals surface area contributed by atoms with Crippen LogP contribution >= 0.6 is 0 Å². The van der Waals surface area contributed by atoms with Crippen LogP contribution in [0.1, 0.15) is 200 Å². The number of esters is 1. The van der Waals surface area contributed by atoms with Gasteiger partial charge in [-0.2, -0.15) is 0 Å². The lowest BCUT2D eigenvalue weighted by Gasteiger charge is -2.29. The maximum Gasteiger partial charge on any atom is 0.306 e. The van der Waals surface area contributed by atoms with Crippen molar-refractivity contribution in [3.63, 3.8) is 0 Å². The number of carbonyl (C=O) groups excluding carboxylic acids is 1. The summed E-state index contributed by atoms with van der Waals surface area (Å²) in [4.78, 5) is 12.8. The van der Waals surface area contributed by atoms with Crippen molar-refractivity contribution in [3.05, 3.63) is 0 Å². The largest absolute Gasteiger partial charge is 0.462 e. The average molecular weight is 519 g/mol. The number of ether oxygens (including phenoxy) is 1. The van der Waals surface area contributed by atoms with Crippen LogP contribution < -0.4 is 0 Å². The molecule has 3 aliphatic rings. The number of unbranched alkanes of at least 4 members (excludes halogenated alkanes) is 14. The van der Waals surface area contributed by atoms with Gasteiger partial charge in [-0.3, -0.25) is 4.79 Å². The van der Waals surface area contributed by atoms with Crippen molar-refractivity contribution in [2.45, 2.75) is 206 Å². The molecule has 0 radical (unpaired) electrons. The van der Waals surface area contributed by atoms with E-state index in [1.807, 2.05) is 0 Å². The Labute approximate surface area is 232 Å². The number of rotatable bonds is 17. The first-order valence-corrected chi connectivity index (χ1v) is 17.5. The summed E-state index contributed by atoms with van der Waals surface area (Å²) in [5.41, 5.74) is 0. The van der Waals surface area contributed by atoms with E-state index in [0.29, 0.717) is 12.3 Å². The van der Waals surface area contributed by atoms with Crippen LogP contribution in [0.15, 0.2) is 0 Å². The zero-order valence-corrected chi connectivity index (χ0v) is 25.3. The summed E-state index contributed by atoms with van der Waals surface area (Å²) < 4.78 is 6.23. The molecular weight excluding hydrogens is 452 g/mol. The molecule has 2 bridgehead atoms. The molecular formula is C35H66O2.